The molecule has 7 heteroatoms. The van der Waals surface area contributed by atoms with Gasteiger partial charge in [0.05, 0.1) is 18.2 Å². The lowest BCUT2D eigenvalue weighted by molar-refractivity contribution is -0.140. The SMILES string of the molecule is CCCCOc1ccc(/C(O)=C2\C(=O)C(=O)N(CCN(CC)CC)[C@H]2c2ccc(Cl)cc2)cc1C. The highest BCUT2D eigenvalue weighted by molar-refractivity contribution is 6.46. The fourth-order valence-electron chi connectivity index (χ4n) is 4.33. The van der Waals surface area contributed by atoms with Crippen molar-refractivity contribution in [3.63, 3.8) is 0 Å². The van der Waals surface area contributed by atoms with Gasteiger partial charge in [0.2, 0.25) is 0 Å². The molecule has 0 bridgehead atoms. The number of amides is 1. The summed E-state index contributed by atoms with van der Waals surface area (Å²) in [5.74, 6) is -0.724. The van der Waals surface area contributed by atoms with Crippen LogP contribution in [-0.2, 0) is 9.59 Å². The van der Waals surface area contributed by atoms with E-state index in [2.05, 4.69) is 25.7 Å². The van der Waals surface area contributed by atoms with Gasteiger partial charge in [0, 0.05) is 23.7 Å². The van der Waals surface area contributed by atoms with Crippen LogP contribution in [0.4, 0.5) is 0 Å². The first kappa shape index (κ1) is 26.8. The van der Waals surface area contributed by atoms with Crippen molar-refractivity contribution in [2.45, 2.75) is 46.6 Å². The number of nitrogens with zero attached hydrogens (tertiary/aromatic N) is 2. The van der Waals surface area contributed by atoms with Gasteiger partial charge in [0.1, 0.15) is 11.5 Å². The summed E-state index contributed by atoms with van der Waals surface area (Å²) in [6.45, 7) is 11.4. The minimum absolute atomic E-state index is 0.0934. The van der Waals surface area contributed by atoms with Crippen molar-refractivity contribution in [1.29, 1.82) is 0 Å². The van der Waals surface area contributed by atoms with Crippen LogP contribution in [-0.4, -0.2) is 59.4 Å². The second-order valence-corrected chi connectivity index (χ2v) is 9.19. The maximum atomic E-state index is 13.2. The lowest BCUT2D eigenvalue weighted by Crippen LogP contribution is -2.38. The lowest BCUT2D eigenvalue weighted by atomic mass is 9.95. The number of halogens is 1. The number of aryl methyl sites for hydroxylation is 1. The molecule has 1 heterocycles. The van der Waals surface area contributed by atoms with Gasteiger partial charge in [-0.05, 0) is 67.9 Å². The number of Topliss-reactive ketones (excluding diaryl/α,β-unsaturated/α-hetero) is 1. The van der Waals surface area contributed by atoms with Crippen LogP contribution in [0.15, 0.2) is 48.0 Å². The Morgan fingerprint density at radius 3 is 2.37 bits per heavy atom. The Morgan fingerprint density at radius 2 is 1.77 bits per heavy atom. The van der Waals surface area contributed by atoms with Crippen LogP contribution in [0.1, 0.15) is 56.3 Å². The molecule has 1 N–H and O–H groups in total. The molecule has 0 aromatic heterocycles. The Labute approximate surface area is 213 Å². The summed E-state index contributed by atoms with van der Waals surface area (Å²) in [4.78, 5) is 30.1. The van der Waals surface area contributed by atoms with Crippen LogP contribution >= 0.6 is 11.6 Å². The zero-order chi connectivity index (χ0) is 25.5. The number of aliphatic hydroxyl groups excluding tert-OH is 1. The third-order valence-electron chi connectivity index (χ3n) is 6.48. The van der Waals surface area contributed by atoms with Gasteiger partial charge in [-0.3, -0.25) is 9.59 Å². The summed E-state index contributed by atoms with van der Waals surface area (Å²) in [6, 6.07) is 11.7. The van der Waals surface area contributed by atoms with E-state index in [9.17, 15) is 14.7 Å². The second kappa shape index (κ2) is 12.2. The molecule has 0 unspecified atom stereocenters. The number of benzene rings is 2. The van der Waals surface area contributed by atoms with E-state index >= 15 is 0 Å². The average molecular weight is 499 g/mol. The smallest absolute Gasteiger partial charge is 0.295 e. The lowest BCUT2D eigenvalue weighted by Gasteiger charge is -2.28. The number of ether oxygens (including phenoxy) is 1. The number of carbonyl (C=O) groups is 2. The molecule has 0 spiro atoms. The third-order valence-corrected chi connectivity index (χ3v) is 6.73. The number of ketones is 1. The molecule has 2 aromatic rings. The highest BCUT2D eigenvalue weighted by Gasteiger charge is 2.46. The number of hydrogen-bond acceptors (Lipinski definition) is 5. The second-order valence-electron chi connectivity index (χ2n) is 8.75. The van der Waals surface area contributed by atoms with E-state index in [1.54, 1.807) is 47.4 Å². The maximum absolute atomic E-state index is 13.2. The summed E-state index contributed by atoms with van der Waals surface area (Å²) < 4.78 is 5.83. The number of unbranched alkanes of at least 4 members (excludes halogenated alkanes) is 1. The highest BCUT2D eigenvalue weighted by Crippen LogP contribution is 2.40. The maximum Gasteiger partial charge on any atom is 0.295 e. The van der Waals surface area contributed by atoms with Crippen molar-refractivity contribution in [3.05, 3.63) is 69.8 Å². The normalized spacial score (nSPS) is 17.4. The van der Waals surface area contributed by atoms with Crippen molar-refractivity contribution in [3.8, 4) is 5.75 Å². The average Bonchev–Trinajstić information content (AvgIpc) is 3.10. The van der Waals surface area contributed by atoms with E-state index in [1.165, 1.54) is 0 Å². The number of aliphatic hydroxyl groups is 1. The van der Waals surface area contributed by atoms with Crippen LogP contribution < -0.4 is 4.74 Å². The Balaban J connectivity index is 2.03. The zero-order valence-corrected chi connectivity index (χ0v) is 21.8. The molecule has 0 radical (unpaired) electrons. The number of rotatable bonds is 11. The predicted octanol–water partition coefficient (Wildman–Crippen LogP) is 5.59. The molecule has 1 saturated heterocycles. The van der Waals surface area contributed by atoms with E-state index in [0.29, 0.717) is 30.3 Å². The number of carbonyl (C=O) groups excluding carboxylic acids is 2. The quantitative estimate of drug-likeness (QED) is 0.189. The van der Waals surface area contributed by atoms with E-state index in [-0.39, 0.29) is 11.3 Å². The molecule has 35 heavy (non-hydrogen) atoms. The molecular formula is C28H35ClN2O4. The van der Waals surface area contributed by atoms with Gasteiger partial charge >= 0.3 is 0 Å². The Bertz CT molecular complexity index is 1080. The molecular weight excluding hydrogens is 464 g/mol. The van der Waals surface area contributed by atoms with Crippen molar-refractivity contribution < 1.29 is 19.4 Å². The summed E-state index contributed by atoms with van der Waals surface area (Å²) in [5.41, 5.74) is 2.15. The zero-order valence-electron chi connectivity index (χ0n) is 21.0. The Hall–Kier alpha value is -2.83. The van der Waals surface area contributed by atoms with Crippen molar-refractivity contribution >= 4 is 29.1 Å². The Morgan fingerprint density at radius 1 is 1.09 bits per heavy atom. The standard InChI is InChI=1S/C28H35ClN2O4/c1-5-8-17-35-23-14-11-21(18-19(23)4)26(32)24-25(20-9-12-22(29)13-10-20)31(28(34)27(24)33)16-15-30(6-2)7-3/h9-14,18,25,32H,5-8,15-17H2,1-4H3/b26-24+/t25-/m0/s1. The molecule has 0 aliphatic carbocycles. The number of hydrogen-bond donors (Lipinski definition) is 1. The van der Waals surface area contributed by atoms with Crippen LogP contribution in [0, 0.1) is 6.92 Å². The Kier molecular flexibility index (Phi) is 9.35. The predicted molar refractivity (Wildman–Crippen MR) is 140 cm³/mol. The van der Waals surface area contributed by atoms with Gasteiger partial charge < -0.3 is 19.6 Å². The topological polar surface area (TPSA) is 70.1 Å². The molecule has 188 valence electrons. The number of likely N-dealkylation sites (tertiary alicyclic amines) is 1. The molecule has 1 aliphatic rings. The monoisotopic (exact) mass is 498 g/mol. The minimum Gasteiger partial charge on any atom is -0.507 e. The highest BCUT2D eigenvalue weighted by atomic mass is 35.5. The summed E-state index contributed by atoms with van der Waals surface area (Å²) in [6.07, 6.45) is 2.00. The summed E-state index contributed by atoms with van der Waals surface area (Å²) >= 11 is 6.10. The molecule has 1 atom stereocenters. The largest absolute Gasteiger partial charge is 0.507 e. The van der Waals surface area contributed by atoms with Gasteiger partial charge in [-0.15, -0.1) is 0 Å². The molecule has 6 nitrogen and oxygen atoms in total. The van der Waals surface area contributed by atoms with E-state index in [1.807, 2.05) is 6.92 Å². The fraction of sp³-hybridized carbons (Fsp3) is 0.429. The molecule has 0 saturated carbocycles. The van der Waals surface area contributed by atoms with Gasteiger partial charge in [-0.1, -0.05) is 50.9 Å². The van der Waals surface area contributed by atoms with E-state index in [4.69, 9.17) is 16.3 Å². The van der Waals surface area contributed by atoms with Gasteiger partial charge in [-0.25, -0.2) is 0 Å². The first-order chi connectivity index (χ1) is 16.8. The summed E-state index contributed by atoms with van der Waals surface area (Å²) in [7, 11) is 0. The van der Waals surface area contributed by atoms with E-state index in [0.717, 1.165) is 42.8 Å². The molecule has 1 aliphatic heterocycles. The molecule has 1 amide bonds. The molecule has 3 rings (SSSR count). The third kappa shape index (κ3) is 6.06. The van der Waals surface area contributed by atoms with Crippen LogP contribution in [0.3, 0.4) is 0 Å². The van der Waals surface area contributed by atoms with Crippen molar-refractivity contribution in [2.24, 2.45) is 0 Å². The first-order valence-electron chi connectivity index (χ1n) is 12.3. The molecule has 1 fully saturated rings. The van der Waals surface area contributed by atoms with Crippen LogP contribution in [0.2, 0.25) is 5.02 Å². The fourth-order valence-corrected chi connectivity index (χ4v) is 4.46. The van der Waals surface area contributed by atoms with E-state index < -0.39 is 17.7 Å². The molecule has 2 aromatic carbocycles. The van der Waals surface area contributed by atoms with Crippen molar-refractivity contribution in [1.82, 2.24) is 9.80 Å². The first-order valence-corrected chi connectivity index (χ1v) is 12.7. The number of likely N-dealkylation sites (N-methyl/N-ethyl adjacent to an activating group) is 1. The summed E-state index contributed by atoms with van der Waals surface area (Å²) in [5, 5.41) is 11.9. The van der Waals surface area contributed by atoms with Gasteiger partial charge in [0.15, 0.2) is 0 Å². The van der Waals surface area contributed by atoms with Gasteiger partial charge in [-0.2, -0.15) is 0 Å². The van der Waals surface area contributed by atoms with Crippen LogP contribution in [0.5, 0.6) is 5.75 Å². The van der Waals surface area contributed by atoms with Gasteiger partial charge in [0.25, 0.3) is 11.7 Å². The van der Waals surface area contributed by atoms with Crippen LogP contribution in [0.25, 0.3) is 5.76 Å². The van der Waals surface area contributed by atoms with Crippen molar-refractivity contribution in [2.75, 3.05) is 32.8 Å². The minimum atomic E-state index is -0.691.